The second-order valence-corrected chi connectivity index (χ2v) is 12.4. The molecule has 194 valence electrons. The summed E-state index contributed by atoms with van der Waals surface area (Å²) in [6.07, 6.45) is 1.91. The van der Waals surface area contributed by atoms with E-state index in [-0.39, 0.29) is 31.7 Å². The van der Waals surface area contributed by atoms with Gasteiger partial charge in [-0.05, 0) is 0 Å². The van der Waals surface area contributed by atoms with Gasteiger partial charge in [-0.15, -0.1) is 0 Å². The van der Waals surface area contributed by atoms with E-state index in [1.165, 1.54) is 38.4 Å². The summed E-state index contributed by atoms with van der Waals surface area (Å²) in [7, 11) is 0. The molecule has 4 heteroatoms. The molecule has 5 rings (SSSR count). The van der Waals surface area contributed by atoms with E-state index in [0.29, 0.717) is 11.1 Å². The van der Waals surface area contributed by atoms with Crippen LogP contribution in [0.1, 0.15) is 70.1 Å². The van der Waals surface area contributed by atoms with Gasteiger partial charge in [0.2, 0.25) is 0 Å². The maximum absolute atomic E-state index is 12.6. The number of aliphatic hydroxyl groups is 1. The number of aryl methyl sites for hydroxylation is 1. The van der Waals surface area contributed by atoms with E-state index in [1.807, 2.05) is 0 Å². The maximum atomic E-state index is 12.6. The Bertz CT molecular complexity index is 1620. The van der Waals surface area contributed by atoms with Crippen LogP contribution in [0.25, 0.3) is 5.57 Å². The van der Waals surface area contributed by atoms with Crippen LogP contribution in [0.2, 0.25) is 0 Å². The van der Waals surface area contributed by atoms with Crippen molar-refractivity contribution >= 4 is 30.8 Å². The number of carbonyl (C=O) groups is 1. The van der Waals surface area contributed by atoms with Crippen LogP contribution in [0.3, 0.4) is 0 Å². The van der Waals surface area contributed by atoms with Crippen molar-refractivity contribution in [1.29, 1.82) is 0 Å². The molecule has 0 aliphatic heterocycles. The molecule has 0 amide bonds. The minimum absolute atomic E-state index is 0.0443. The fourth-order valence-electron chi connectivity index (χ4n) is 4.86. The van der Waals surface area contributed by atoms with Crippen LogP contribution in [0.15, 0.2) is 97.1 Å². The number of carbonyl (C=O) groups excluding carboxylic acids is 1. The summed E-state index contributed by atoms with van der Waals surface area (Å²) in [6.45, 7) is 6.69. The molecule has 4 aromatic rings. The van der Waals surface area contributed by atoms with Gasteiger partial charge in [0.05, 0.1) is 0 Å². The van der Waals surface area contributed by atoms with E-state index in [9.17, 15) is 15.0 Å². The summed E-state index contributed by atoms with van der Waals surface area (Å²) in [5.74, 6) is 2.55. The van der Waals surface area contributed by atoms with E-state index in [1.54, 1.807) is 42.5 Å². The molecule has 39 heavy (non-hydrogen) atoms. The van der Waals surface area contributed by atoms with Crippen LogP contribution >= 0.6 is 0 Å². The van der Waals surface area contributed by atoms with Crippen LogP contribution < -0.4 is 4.46 Å². The number of fused-ring (bicyclic) bond motifs is 1. The number of ketones is 1. The van der Waals surface area contributed by atoms with E-state index >= 15 is 0 Å². The van der Waals surface area contributed by atoms with Crippen molar-refractivity contribution < 1.29 is 15.0 Å². The molecule has 2 N–H and O–H groups in total. The number of phenols is 1. The molecule has 0 saturated heterocycles. The van der Waals surface area contributed by atoms with Crippen molar-refractivity contribution in [2.24, 2.45) is 0 Å². The molecule has 0 spiro atoms. The van der Waals surface area contributed by atoms with Crippen LogP contribution in [0, 0.1) is 17.7 Å². The second-order valence-electron chi connectivity index (χ2n) is 10.5. The van der Waals surface area contributed by atoms with Gasteiger partial charge >= 0.3 is 237 Å². The third-order valence-electron chi connectivity index (χ3n) is 7.19. The predicted molar refractivity (Wildman–Crippen MR) is 158 cm³/mol. The van der Waals surface area contributed by atoms with Crippen molar-refractivity contribution in [2.45, 2.75) is 38.7 Å². The van der Waals surface area contributed by atoms with Crippen molar-refractivity contribution in [3.8, 4) is 16.5 Å². The van der Waals surface area contributed by atoms with Gasteiger partial charge in [-0.25, -0.2) is 0 Å². The Labute approximate surface area is 236 Å². The second kappa shape index (κ2) is 11.1. The Hall–Kier alpha value is -3.87. The minimum atomic E-state index is -1.43. The number of benzene rings is 4. The summed E-state index contributed by atoms with van der Waals surface area (Å²) in [5, 5.41) is 21.1. The van der Waals surface area contributed by atoms with Gasteiger partial charge in [0, 0.05) is 0 Å². The molecule has 0 aromatic heterocycles. The number of aliphatic hydroxyl groups excluding tert-OH is 1. The molecule has 1 aliphatic rings. The van der Waals surface area contributed by atoms with Gasteiger partial charge in [-0.1, -0.05) is 0 Å². The molecule has 1 aliphatic carbocycles. The summed E-state index contributed by atoms with van der Waals surface area (Å²) >= 11 is -0.0760. The zero-order chi connectivity index (χ0) is 27.6. The van der Waals surface area contributed by atoms with Crippen LogP contribution in [0.5, 0.6) is 5.75 Å². The average molecular weight is 578 g/mol. The summed E-state index contributed by atoms with van der Waals surface area (Å²) in [6, 6.07) is 28.8. The third-order valence-corrected chi connectivity index (χ3v) is 8.64. The SMILES string of the molecule is Cc1ccc(C2=CCC(C)(C)c3cc([Se]C#Cc4ccc(C(O)C(=O)c5ccccc5)c(O)c4)ccc32)cc1. The third kappa shape index (κ3) is 5.77. The monoisotopic (exact) mass is 578 g/mol. The Balaban J connectivity index is 1.33. The van der Waals surface area contributed by atoms with Crippen LogP contribution in [0.4, 0.5) is 0 Å². The molecule has 0 saturated carbocycles. The Morgan fingerprint density at radius 2 is 1.69 bits per heavy atom. The molecule has 1 unspecified atom stereocenters. The van der Waals surface area contributed by atoms with Crippen molar-refractivity contribution in [3.05, 3.63) is 136 Å². The summed E-state index contributed by atoms with van der Waals surface area (Å²) in [5.41, 5.74) is 7.68. The number of Topliss-reactive ketones (excluding diaryl/α,β-unsaturated/α-hetero) is 1. The van der Waals surface area contributed by atoms with Crippen molar-refractivity contribution in [3.63, 3.8) is 0 Å². The van der Waals surface area contributed by atoms with E-state index in [2.05, 4.69) is 80.1 Å². The quantitative estimate of drug-likeness (QED) is 0.172. The van der Waals surface area contributed by atoms with E-state index in [4.69, 9.17) is 0 Å². The molecule has 0 fully saturated rings. The van der Waals surface area contributed by atoms with E-state index < -0.39 is 11.9 Å². The number of allylic oxidation sites excluding steroid dienone is 1. The van der Waals surface area contributed by atoms with Gasteiger partial charge in [-0.3, -0.25) is 0 Å². The molecule has 4 aromatic carbocycles. The van der Waals surface area contributed by atoms with Crippen LogP contribution in [-0.2, 0) is 5.41 Å². The number of phenolic OH excluding ortho intramolecular Hbond substituents is 1. The first kappa shape index (κ1) is 26.7. The zero-order valence-corrected chi connectivity index (χ0v) is 23.9. The van der Waals surface area contributed by atoms with Crippen LogP contribution in [-0.4, -0.2) is 31.0 Å². The Kier molecular flexibility index (Phi) is 7.60. The Morgan fingerprint density at radius 1 is 0.949 bits per heavy atom. The normalized spacial score (nSPS) is 14.4. The van der Waals surface area contributed by atoms with Gasteiger partial charge in [0.15, 0.2) is 0 Å². The van der Waals surface area contributed by atoms with Gasteiger partial charge in [-0.2, -0.15) is 0 Å². The molecule has 0 bridgehead atoms. The van der Waals surface area contributed by atoms with Crippen molar-refractivity contribution in [1.82, 2.24) is 0 Å². The molecular formula is C35H30O3Se. The van der Waals surface area contributed by atoms with E-state index in [0.717, 1.165) is 6.42 Å². The van der Waals surface area contributed by atoms with Gasteiger partial charge in [0.25, 0.3) is 0 Å². The number of aromatic hydroxyl groups is 1. The standard InChI is InChI=1S/C35H30O3Se/c1-23-9-12-25(13-10-23)28-17-19-35(2,3)31-22-27(14-16-29(28)31)39-20-18-24-11-15-30(32(36)21-24)34(38)33(37)26-7-5-4-6-8-26/h4-17,21-22,34,36,38H,19H2,1-3H3. The molecule has 3 nitrogen and oxygen atoms in total. The Morgan fingerprint density at radius 3 is 2.41 bits per heavy atom. The van der Waals surface area contributed by atoms with Gasteiger partial charge in [0.1, 0.15) is 0 Å². The first-order valence-corrected chi connectivity index (χ1v) is 14.6. The predicted octanol–water partition coefficient (Wildman–Crippen LogP) is 6.07. The molecule has 1 atom stereocenters. The molecule has 0 radical (unpaired) electrons. The number of rotatable bonds is 5. The summed E-state index contributed by atoms with van der Waals surface area (Å²) in [4.78, 5) is 15.9. The fraction of sp³-hybridized carbons (Fsp3) is 0.171. The molecular weight excluding hydrogens is 547 g/mol. The van der Waals surface area contributed by atoms with Gasteiger partial charge < -0.3 is 0 Å². The van der Waals surface area contributed by atoms with Crippen molar-refractivity contribution in [2.75, 3.05) is 0 Å². The summed E-state index contributed by atoms with van der Waals surface area (Å²) < 4.78 is 1.21. The zero-order valence-electron chi connectivity index (χ0n) is 22.2. The number of hydrogen-bond donors (Lipinski definition) is 2. The number of hydrogen-bond acceptors (Lipinski definition) is 3. The first-order chi connectivity index (χ1) is 18.7. The average Bonchev–Trinajstić information content (AvgIpc) is 2.94. The fourth-order valence-corrected chi connectivity index (χ4v) is 6.12. The topological polar surface area (TPSA) is 57.5 Å². The molecule has 0 heterocycles. The first-order valence-electron chi connectivity index (χ1n) is 12.9.